The van der Waals surface area contributed by atoms with Crippen molar-refractivity contribution >= 4 is 63.0 Å². The third-order valence-electron chi connectivity index (χ3n) is 4.69. The summed E-state index contributed by atoms with van der Waals surface area (Å²) in [5.74, 6) is 0. The Morgan fingerprint density at radius 3 is 1.87 bits per heavy atom. The first kappa shape index (κ1) is 13.5. The Balaban J connectivity index is 1.91. The maximum absolute atomic E-state index is 2.40. The Labute approximate surface area is 143 Å². The average molecular weight is 332 g/mol. The second-order valence-corrected chi connectivity index (χ2v) is 8.40. The standard InChI is InChI=1S/C21H16S2/c1-3-13-5-7-15-17-11-20-16(10-21(17)23-19(15)9-13)14-6-4-12(2)8-18(14)22-20/h4-11H,3H2,1-2H3. The molecule has 0 radical (unpaired) electrons. The molecule has 5 rings (SSSR count). The zero-order chi connectivity index (χ0) is 15.6. The molecule has 2 aromatic heterocycles. The van der Waals surface area contributed by atoms with E-state index in [9.17, 15) is 0 Å². The minimum Gasteiger partial charge on any atom is -0.135 e. The third kappa shape index (κ3) is 1.95. The fourth-order valence-electron chi connectivity index (χ4n) is 3.42. The van der Waals surface area contributed by atoms with Gasteiger partial charge in [0.1, 0.15) is 0 Å². The van der Waals surface area contributed by atoms with E-state index in [1.165, 1.54) is 51.5 Å². The second kappa shape index (κ2) is 4.80. The smallest absolute Gasteiger partial charge is 0.0362 e. The summed E-state index contributed by atoms with van der Waals surface area (Å²) in [5, 5.41) is 5.60. The fraction of sp³-hybridized carbons (Fsp3) is 0.143. The molecule has 2 heterocycles. The number of thiophene rings is 2. The molecule has 0 unspecified atom stereocenters. The predicted molar refractivity (Wildman–Crippen MR) is 106 cm³/mol. The molecule has 0 saturated heterocycles. The van der Waals surface area contributed by atoms with Gasteiger partial charge < -0.3 is 0 Å². The van der Waals surface area contributed by atoms with Crippen molar-refractivity contribution in [2.75, 3.05) is 0 Å². The minimum absolute atomic E-state index is 1.10. The lowest BCUT2D eigenvalue weighted by Gasteiger charge is -1.96. The van der Waals surface area contributed by atoms with Gasteiger partial charge in [0.05, 0.1) is 0 Å². The summed E-state index contributed by atoms with van der Waals surface area (Å²) in [4.78, 5) is 0. The molecule has 112 valence electrons. The SMILES string of the molecule is CCc1ccc2c(c1)sc1cc3c(cc12)sc1cc(C)ccc13. The quantitative estimate of drug-likeness (QED) is 0.302. The lowest BCUT2D eigenvalue weighted by molar-refractivity contribution is 1.15. The number of fused-ring (bicyclic) bond motifs is 6. The van der Waals surface area contributed by atoms with Gasteiger partial charge >= 0.3 is 0 Å². The summed E-state index contributed by atoms with van der Waals surface area (Å²) in [6.45, 7) is 4.39. The van der Waals surface area contributed by atoms with Crippen LogP contribution < -0.4 is 0 Å². The van der Waals surface area contributed by atoms with Gasteiger partial charge in [-0.05, 0) is 48.7 Å². The van der Waals surface area contributed by atoms with Gasteiger partial charge in [-0.1, -0.05) is 31.2 Å². The summed E-state index contributed by atoms with van der Waals surface area (Å²) in [6.07, 6.45) is 1.10. The molecule has 0 bridgehead atoms. The van der Waals surface area contributed by atoms with E-state index < -0.39 is 0 Å². The lowest BCUT2D eigenvalue weighted by atomic mass is 10.1. The van der Waals surface area contributed by atoms with Crippen LogP contribution in [0.5, 0.6) is 0 Å². The van der Waals surface area contributed by atoms with E-state index in [0.717, 1.165) is 6.42 Å². The van der Waals surface area contributed by atoms with Crippen LogP contribution in [0, 0.1) is 6.92 Å². The van der Waals surface area contributed by atoms with Gasteiger partial charge in [-0.15, -0.1) is 22.7 Å². The van der Waals surface area contributed by atoms with E-state index in [1.54, 1.807) is 0 Å². The average Bonchev–Trinajstić information content (AvgIpc) is 3.08. The van der Waals surface area contributed by atoms with Crippen molar-refractivity contribution in [3.63, 3.8) is 0 Å². The van der Waals surface area contributed by atoms with Gasteiger partial charge in [-0.2, -0.15) is 0 Å². The summed E-state index contributed by atoms with van der Waals surface area (Å²) in [7, 11) is 0. The van der Waals surface area contributed by atoms with E-state index in [2.05, 4.69) is 62.4 Å². The number of hydrogen-bond acceptors (Lipinski definition) is 2. The molecule has 0 N–H and O–H groups in total. The van der Waals surface area contributed by atoms with Gasteiger partial charge in [0, 0.05) is 40.3 Å². The Bertz CT molecular complexity index is 1200. The van der Waals surface area contributed by atoms with E-state index in [1.807, 2.05) is 22.7 Å². The molecule has 0 amide bonds. The van der Waals surface area contributed by atoms with E-state index >= 15 is 0 Å². The molecule has 0 aliphatic heterocycles. The van der Waals surface area contributed by atoms with Crippen LogP contribution in [-0.4, -0.2) is 0 Å². The van der Waals surface area contributed by atoms with Gasteiger partial charge in [0.25, 0.3) is 0 Å². The Kier molecular flexibility index (Phi) is 2.82. The van der Waals surface area contributed by atoms with Crippen LogP contribution >= 0.6 is 22.7 Å². The Morgan fingerprint density at radius 2 is 1.22 bits per heavy atom. The monoisotopic (exact) mass is 332 g/mol. The van der Waals surface area contributed by atoms with Crippen molar-refractivity contribution in [3.05, 3.63) is 59.7 Å². The molecule has 3 aromatic carbocycles. The third-order valence-corrected chi connectivity index (χ3v) is 6.92. The number of benzene rings is 3. The molecule has 0 nitrogen and oxygen atoms in total. The highest BCUT2D eigenvalue weighted by Gasteiger charge is 2.11. The van der Waals surface area contributed by atoms with Crippen molar-refractivity contribution in [2.45, 2.75) is 20.3 Å². The van der Waals surface area contributed by atoms with Gasteiger partial charge in [0.2, 0.25) is 0 Å². The zero-order valence-corrected chi connectivity index (χ0v) is 14.8. The molecule has 0 aliphatic carbocycles. The van der Waals surface area contributed by atoms with Crippen LogP contribution in [-0.2, 0) is 6.42 Å². The first-order valence-electron chi connectivity index (χ1n) is 8.01. The van der Waals surface area contributed by atoms with Crippen molar-refractivity contribution in [2.24, 2.45) is 0 Å². The fourth-order valence-corrected chi connectivity index (χ4v) is 5.83. The summed E-state index contributed by atoms with van der Waals surface area (Å²) >= 11 is 3.84. The highest BCUT2D eigenvalue weighted by Crippen LogP contribution is 2.41. The first-order chi connectivity index (χ1) is 11.2. The maximum atomic E-state index is 2.40. The largest absolute Gasteiger partial charge is 0.135 e. The van der Waals surface area contributed by atoms with Crippen LogP contribution in [0.2, 0.25) is 0 Å². The summed E-state index contributed by atoms with van der Waals surface area (Å²) < 4.78 is 5.62. The van der Waals surface area contributed by atoms with Crippen molar-refractivity contribution < 1.29 is 0 Å². The number of rotatable bonds is 1. The normalized spacial score (nSPS) is 12.1. The molecule has 0 fully saturated rings. The second-order valence-electron chi connectivity index (χ2n) is 6.23. The van der Waals surface area contributed by atoms with Crippen molar-refractivity contribution in [3.8, 4) is 0 Å². The summed E-state index contributed by atoms with van der Waals surface area (Å²) in [5.41, 5.74) is 2.76. The first-order valence-corrected chi connectivity index (χ1v) is 9.64. The topological polar surface area (TPSA) is 0 Å². The summed E-state index contributed by atoms with van der Waals surface area (Å²) in [6, 6.07) is 18.5. The van der Waals surface area contributed by atoms with Gasteiger partial charge in [0.15, 0.2) is 0 Å². The predicted octanol–water partition coefficient (Wildman–Crippen LogP) is 7.29. The molecular weight excluding hydrogens is 316 g/mol. The van der Waals surface area contributed by atoms with Crippen LogP contribution in [0.1, 0.15) is 18.1 Å². The number of hydrogen-bond donors (Lipinski definition) is 0. The van der Waals surface area contributed by atoms with Crippen LogP contribution in [0.25, 0.3) is 40.3 Å². The van der Waals surface area contributed by atoms with E-state index in [0.29, 0.717) is 0 Å². The maximum Gasteiger partial charge on any atom is 0.0362 e. The molecule has 0 spiro atoms. The highest BCUT2D eigenvalue weighted by atomic mass is 32.1. The molecule has 2 heteroatoms. The number of aryl methyl sites for hydroxylation is 2. The molecule has 5 aromatic rings. The van der Waals surface area contributed by atoms with Gasteiger partial charge in [-0.25, -0.2) is 0 Å². The Hall–Kier alpha value is -1.90. The molecular formula is C21H16S2. The molecule has 23 heavy (non-hydrogen) atoms. The van der Waals surface area contributed by atoms with Crippen LogP contribution in [0.15, 0.2) is 48.5 Å². The van der Waals surface area contributed by atoms with Crippen molar-refractivity contribution in [1.29, 1.82) is 0 Å². The Morgan fingerprint density at radius 1 is 0.652 bits per heavy atom. The zero-order valence-electron chi connectivity index (χ0n) is 13.1. The lowest BCUT2D eigenvalue weighted by Crippen LogP contribution is -1.76. The molecule has 0 aliphatic rings. The van der Waals surface area contributed by atoms with Crippen molar-refractivity contribution in [1.82, 2.24) is 0 Å². The van der Waals surface area contributed by atoms with Crippen LogP contribution in [0.4, 0.5) is 0 Å². The molecule has 0 atom stereocenters. The van der Waals surface area contributed by atoms with Gasteiger partial charge in [-0.3, -0.25) is 0 Å². The van der Waals surface area contributed by atoms with E-state index in [-0.39, 0.29) is 0 Å². The molecule has 0 saturated carbocycles. The van der Waals surface area contributed by atoms with Crippen LogP contribution in [0.3, 0.4) is 0 Å². The minimum atomic E-state index is 1.10. The van der Waals surface area contributed by atoms with E-state index in [4.69, 9.17) is 0 Å². The highest BCUT2D eigenvalue weighted by molar-refractivity contribution is 7.27.